The van der Waals surface area contributed by atoms with E-state index in [2.05, 4.69) is 31.0 Å². The Morgan fingerprint density at radius 1 is 1.03 bits per heavy atom. The summed E-state index contributed by atoms with van der Waals surface area (Å²) in [6, 6.07) is 13.7. The van der Waals surface area contributed by atoms with Gasteiger partial charge in [0, 0.05) is 17.0 Å². The summed E-state index contributed by atoms with van der Waals surface area (Å²) in [7, 11) is 0. The molecule has 0 saturated heterocycles. The van der Waals surface area contributed by atoms with E-state index < -0.39 is 0 Å². The lowest BCUT2D eigenvalue weighted by molar-refractivity contribution is 0.825. The van der Waals surface area contributed by atoms with Crippen molar-refractivity contribution in [1.29, 1.82) is 0 Å². The Bertz CT molecular complexity index is 1410. The van der Waals surface area contributed by atoms with Crippen LogP contribution in [0.4, 0.5) is 5.82 Å². The van der Waals surface area contributed by atoms with E-state index in [1.165, 1.54) is 0 Å². The third-order valence-electron chi connectivity index (χ3n) is 5.14. The average molecular weight is 416 g/mol. The van der Waals surface area contributed by atoms with Crippen LogP contribution in [0.25, 0.3) is 33.5 Å². The summed E-state index contributed by atoms with van der Waals surface area (Å²) in [5.74, 6) is 0.747. The molecular formula is C22H18ClN7. The number of imidazole rings is 1. The Labute approximate surface area is 177 Å². The van der Waals surface area contributed by atoms with Gasteiger partial charge in [0.05, 0.1) is 28.3 Å². The van der Waals surface area contributed by atoms with Crippen LogP contribution in [-0.4, -0.2) is 29.9 Å². The maximum atomic E-state index is 6.43. The average Bonchev–Trinajstić information content (AvgIpc) is 3.22. The summed E-state index contributed by atoms with van der Waals surface area (Å²) in [6.45, 7) is 3.98. The molecule has 1 aromatic carbocycles. The third-order valence-corrected chi connectivity index (χ3v) is 5.45. The molecule has 4 aromatic heterocycles. The summed E-state index contributed by atoms with van der Waals surface area (Å²) in [5.41, 5.74) is 11.4. The molecule has 148 valence electrons. The fourth-order valence-corrected chi connectivity index (χ4v) is 3.82. The highest BCUT2D eigenvalue weighted by molar-refractivity contribution is 6.35. The van der Waals surface area contributed by atoms with E-state index in [0.717, 1.165) is 33.5 Å². The standard InChI is InChI=1S/C22H18ClN7/c1-11-5-3-8-16(27-11)18-14(9-13-6-4-7-15(23)17(13)28-18)12(2)21-29-20(24)19-22(30-21)26-10-25-19/h3-10,12H,1-2H3,(H3,24,25,26,29,30)/t12-/m0/s1. The molecule has 0 saturated carbocycles. The van der Waals surface area contributed by atoms with E-state index in [4.69, 9.17) is 22.3 Å². The van der Waals surface area contributed by atoms with Crippen LogP contribution in [0.3, 0.4) is 0 Å². The quantitative estimate of drug-likeness (QED) is 0.444. The zero-order valence-electron chi connectivity index (χ0n) is 16.4. The fraction of sp³-hybridized carbons (Fsp3) is 0.136. The minimum absolute atomic E-state index is 0.193. The van der Waals surface area contributed by atoms with Gasteiger partial charge >= 0.3 is 0 Å². The Morgan fingerprint density at radius 2 is 1.87 bits per heavy atom. The second kappa shape index (κ2) is 7.03. The van der Waals surface area contributed by atoms with Crippen molar-refractivity contribution in [2.45, 2.75) is 19.8 Å². The number of rotatable bonds is 3. The lowest BCUT2D eigenvalue weighted by atomic mass is 9.95. The summed E-state index contributed by atoms with van der Waals surface area (Å²) in [4.78, 5) is 25.9. The molecule has 8 heteroatoms. The molecule has 0 amide bonds. The SMILES string of the molecule is Cc1cccc(-c2nc3c(Cl)cccc3cc2[C@H](C)c2nc(N)c3[nH]cnc3n2)n1. The normalized spacial score (nSPS) is 12.5. The molecule has 30 heavy (non-hydrogen) atoms. The second-order valence-corrected chi connectivity index (χ2v) is 7.60. The lowest BCUT2D eigenvalue weighted by Crippen LogP contribution is -2.08. The molecule has 5 aromatic rings. The number of H-pyrrole nitrogens is 1. The second-order valence-electron chi connectivity index (χ2n) is 7.19. The lowest BCUT2D eigenvalue weighted by Gasteiger charge is -2.17. The molecule has 0 aliphatic rings. The zero-order chi connectivity index (χ0) is 20.8. The highest BCUT2D eigenvalue weighted by atomic mass is 35.5. The van der Waals surface area contributed by atoms with Gasteiger partial charge in [-0.15, -0.1) is 0 Å². The number of fused-ring (bicyclic) bond motifs is 2. The molecule has 0 spiro atoms. The number of aromatic nitrogens is 6. The van der Waals surface area contributed by atoms with E-state index >= 15 is 0 Å². The first-order chi connectivity index (χ1) is 14.5. The number of para-hydroxylation sites is 1. The number of nitrogen functional groups attached to an aromatic ring is 1. The van der Waals surface area contributed by atoms with E-state index in [-0.39, 0.29) is 5.92 Å². The maximum absolute atomic E-state index is 6.43. The molecule has 0 aliphatic carbocycles. The molecule has 0 fully saturated rings. The summed E-state index contributed by atoms with van der Waals surface area (Å²) >= 11 is 6.43. The van der Waals surface area contributed by atoms with Gasteiger partial charge in [0.15, 0.2) is 11.5 Å². The summed E-state index contributed by atoms with van der Waals surface area (Å²) in [5, 5.41) is 1.54. The molecule has 7 nitrogen and oxygen atoms in total. The van der Waals surface area contributed by atoms with Crippen LogP contribution in [0.5, 0.6) is 0 Å². The number of aryl methyl sites for hydroxylation is 1. The Morgan fingerprint density at radius 3 is 2.70 bits per heavy atom. The van der Waals surface area contributed by atoms with Crippen molar-refractivity contribution in [3.8, 4) is 11.4 Å². The largest absolute Gasteiger partial charge is 0.382 e. The topological polar surface area (TPSA) is 106 Å². The summed E-state index contributed by atoms with van der Waals surface area (Å²) in [6.07, 6.45) is 1.56. The van der Waals surface area contributed by atoms with E-state index in [9.17, 15) is 0 Å². The van der Waals surface area contributed by atoms with Crippen molar-refractivity contribution in [1.82, 2.24) is 29.9 Å². The van der Waals surface area contributed by atoms with Crippen molar-refractivity contribution in [2.24, 2.45) is 0 Å². The van der Waals surface area contributed by atoms with E-state index in [1.54, 1.807) is 6.33 Å². The van der Waals surface area contributed by atoms with E-state index in [1.807, 2.05) is 50.2 Å². The van der Waals surface area contributed by atoms with Gasteiger partial charge in [-0.3, -0.25) is 4.98 Å². The van der Waals surface area contributed by atoms with Gasteiger partial charge < -0.3 is 10.7 Å². The van der Waals surface area contributed by atoms with Gasteiger partial charge in [0.1, 0.15) is 11.3 Å². The number of nitrogens with two attached hydrogens (primary N) is 1. The first-order valence-electron chi connectivity index (χ1n) is 9.51. The van der Waals surface area contributed by atoms with Gasteiger partial charge in [-0.1, -0.05) is 36.7 Å². The van der Waals surface area contributed by atoms with Gasteiger partial charge in [-0.05, 0) is 36.8 Å². The molecular weight excluding hydrogens is 398 g/mol. The highest BCUT2D eigenvalue weighted by Gasteiger charge is 2.22. The van der Waals surface area contributed by atoms with Gasteiger partial charge in [-0.2, -0.15) is 0 Å². The zero-order valence-corrected chi connectivity index (χ0v) is 17.1. The van der Waals surface area contributed by atoms with Gasteiger partial charge in [0.2, 0.25) is 0 Å². The van der Waals surface area contributed by atoms with Crippen LogP contribution < -0.4 is 5.73 Å². The predicted molar refractivity (Wildman–Crippen MR) is 118 cm³/mol. The minimum Gasteiger partial charge on any atom is -0.382 e. The summed E-state index contributed by atoms with van der Waals surface area (Å²) < 4.78 is 0. The smallest absolute Gasteiger partial charge is 0.183 e. The van der Waals surface area contributed by atoms with Crippen LogP contribution >= 0.6 is 11.6 Å². The Kier molecular flexibility index (Phi) is 4.33. The van der Waals surface area contributed by atoms with Crippen molar-refractivity contribution >= 4 is 39.5 Å². The highest BCUT2D eigenvalue weighted by Crippen LogP contribution is 2.35. The molecule has 3 N–H and O–H groups in total. The number of nitrogens with one attached hydrogen (secondary N) is 1. The fourth-order valence-electron chi connectivity index (χ4n) is 3.59. The van der Waals surface area contributed by atoms with Crippen LogP contribution in [0.1, 0.15) is 29.9 Å². The Balaban J connectivity index is 1.76. The number of nitrogens with zero attached hydrogens (tertiary/aromatic N) is 5. The minimum atomic E-state index is -0.193. The predicted octanol–water partition coefficient (Wildman–Crippen LogP) is 4.66. The number of anilines is 1. The molecule has 4 heterocycles. The number of benzene rings is 1. The van der Waals surface area contributed by atoms with E-state index in [0.29, 0.717) is 27.8 Å². The van der Waals surface area contributed by atoms with Crippen molar-refractivity contribution in [3.05, 3.63) is 70.9 Å². The number of hydrogen-bond acceptors (Lipinski definition) is 6. The molecule has 1 atom stereocenters. The molecule has 0 radical (unpaired) electrons. The monoisotopic (exact) mass is 415 g/mol. The van der Waals surface area contributed by atoms with Crippen LogP contribution in [-0.2, 0) is 0 Å². The van der Waals surface area contributed by atoms with Crippen molar-refractivity contribution in [2.75, 3.05) is 5.73 Å². The molecule has 0 bridgehead atoms. The van der Waals surface area contributed by atoms with Crippen molar-refractivity contribution < 1.29 is 0 Å². The number of hydrogen-bond donors (Lipinski definition) is 2. The van der Waals surface area contributed by atoms with Gasteiger partial charge in [-0.25, -0.2) is 19.9 Å². The molecule has 0 aliphatic heterocycles. The first kappa shape index (κ1) is 18.4. The number of pyridine rings is 2. The molecule has 0 unspecified atom stereocenters. The van der Waals surface area contributed by atoms with Crippen LogP contribution in [0.2, 0.25) is 5.02 Å². The molecule has 5 rings (SSSR count). The number of halogens is 1. The van der Waals surface area contributed by atoms with Crippen molar-refractivity contribution in [3.63, 3.8) is 0 Å². The van der Waals surface area contributed by atoms with Gasteiger partial charge in [0.25, 0.3) is 0 Å². The van der Waals surface area contributed by atoms with Crippen LogP contribution in [0, 0.1) is 6.92 Å². The maximum Gasteiger partial charge on any atom is 0.183 e. The first-order valence-corrected chi connectivity index (χ1v) is 9.89. The van der Waals surface area contributed by atoms with Crippen LogP contribution in [0.15, 0.2) is 48.8 Å². The Hall–Kier alpha value is -3.58. The number of aromatic amines is 1. The third kappa shape index (κ3) is 3.04.